The number of imide groups is 1. The standard InChI is InChI=1S/C14H14N4O2.ClH/c15-9-10-1-3-11(4-2-10)18-12(19)14(17-13(18)20)5-7-16-8-6-14;/h1-4,16H,5-8H2,(H,17,20);1H. The summed E-state index contributed by atoms with van der Waals surface area (Å²) in [5.74, 6) is -0.200. The van der Waals surface area contributed by atoms with Crippen molar-refractivity contribution < 1.29 is 9.59 Å². The molecule has 0 aromatic heterocycles. The average Bonchev–Trinajstić information content (AvgIpc) is 2.71. The number of hydrogen-bond acceptors (Lipinski definition) is 4. The van der Waals surface area contributed by atoms with Gasteiger partial charge in [-0.25, -0.2) is 9.69 Å². The Bertz CT molecular complexity index is 602. The first-order valence-electron chi connectivity index (χ1n) is 6.54. The van der Waals surface area contributed by atoms with Crippen LogP contribution < -0.4 is 15.5 Å². The molecule has 21 heavy (non-hydrogen) atoms. The van der Waals surface area contributed by atoms with Crippen molar-refractivity contribution in [2.24, 2.45) is 0 Å². The lowest BCUT2D eigenvalue weighted by Crippen LogP contribution is -2.53. The van der Waals surface area contributed by atoms with Crippen LogP contribution in [0.2, 0.25) is 0 Å². The van der Waals surface area contributed by atoms with E-state index < -0.39 is 5.54 Å². The summed E-state index contributed by atoms with van der Waals surface area (Å²) in [6.07, 6.45) is 1.20. The maximum Gasteiger partial charge on any atom is 0.329 e. The molecule has 0 unspecified atom stereocenters. The molecule has 1 aromatic rings. The fourth-order valence-electron chi connectivity index (χ4n) is 2.73. The van der Waals surface area contributed by atoms with Gasteiger partial charge in [0, 0.05) is 0 Å². The van der Waals surface area contributed by atoms with Gasteiger partial charge in [-0.15, -0.1) is 12.4 Å². The monoisotopic (exact) mass is 306 g/mol. The molecule has 2 aliphatic heterocycles. The number of anilines is 1. The fourth-order valence-corrected chi connectivity index (χ4v) is 2.73. The van der Waals surface area contributed by atoms with E-state index in [1.54, 1.807) is 24.3 Å². The Morgan fingerprint density at radius 3 is 2.33 bits per heavy atom. The number of nitrogens with zero attached hydrogens (tertiary/aromatic N) is 2. The minimum atomic E-state index is -0.768. The number of piperidine rings is 1. The van der Waals surface area contributed by atoms with Gasteiger partial charge in [-0.1, -0.05) is 0 Å². The molecule has 2 saturated heterocycles. The Kier molecular flexibility index (Phi) is 4.16. The van der Waals surface area contributed by atoms with Gasteiger partial charge in [-0.3, -0.25) is 4.79 Å². The van der Waals surface area contributed by atoms with Crippen LogP contribution >= 0.6 is 12.4 Å². The van der Waals surface area contributed by atoms with Crippen molar-refractivity contribution >= 4 is 30.0 Å². The molecule has 3 amide bonds. The molecule has 3 rings (SSSR count). The Balaban J connectivity index is 0.00000161. The first kappa shape index (κ1) is 15.3. The maximum atomic E-state index is 12.6. The second kappa shape index (κ2) is 5.72. The highest BCUT2D eigenvalue weighted by Crippen LogP contribution is 2.30. The quantitative estimate of drug-likeness (QED) is 0.762. The molecule has 6 nitrogen and oxygen atoms in total. The topological polar surface area (TPSA) is 85.2 Å². The highest BCUT2D eigenvalue weighted by molar-refractivity contribution is 6.23. The molecule has 1 spiro atoms. The van der Waals surface area contributed by atoms with Gasteiger partial charge in [0.05, 0.1) is 17.3 Å². The maximum absolute atomic E-state index is 12.6. The normalized spacial score (nSPS) is 19.9. The van der Waals surface area contributed by atoms with Gasteiger partial charge in [0.25, 0.3) is 5.91 Å². The van der Waals surface area contributed by atoms with E-state index in [-0.39, 0.29) is 24.3 Å². The van der Waals surface area contributed by atoms with Gasteiger partial charge in [0.15, 0.2) is 0 Å². The van der Waals surface area contributed by atoms with Crippen molar-refractivity contribution in [2.75, 3.05) is 18.0 Å². The van der Waals surface area contributed by atoms with Crippen LogP contribution in [0.1, 0.15) is 18.4 Å². The van der Waals surface area contributed by atoms with Gasteiger partial charge in [0.2, 0.25) is 0 Å². The number of carbonyl (C=O) groups excluding carboxylic acids is 2. The second-order valence-corrected chi connectivity index (χ2v) is 5.06. The minimum Gasteiger partial charge on any atom is -0.323 e. The van der Waals surface area contributed by atoms with Crippen molar-refractivity contribution in [3.05, 3.63) is 29.8 Å². The van der Waals surface area contributed by atoms with Crippen LogP contribution in [0.4, 0.5) is 10.5 Å². The third kappa shape index (κ3) is 2.46. The molecule has 2 aliphatic rings. The number of nitrogens with one attached hydrogen (secondary N) is 2. The highest BCUT2D eigenvalue weighted by atomic mass is 35.5. The molecule has 2 fully saturated rings. The molecule has 0 radical (unpaired) electrons. The zero-order valence-corrected chi connectivity index (χ0v) is 12.1. The van der Waals surface area contributed by atoms with Crippen LogP contribution in [0, 0.1) is 11.3 Å². The van der Waals surface area contributed by atoms with E-state index in [4.69, 9.17) is 5.26 Å². The van der Waals surface area contributed by atoms with Crippen molar-refractivity contribution in [3.63, 3.8) is 0 Å². The fraction of sp³-hybridized carbons (Fsp3) is 0.357. The van der Waals surface area contributed by atoms with Gasteiger partial charge >= 0.3 is 6.03 Å². The van der Waals surface area contributed by atoms with Crippen LogP contribution in [-0.2, 0) is 4.79 Å². The van der Waals surface area contributed by atoms with E-state index in [0.717, 1.165) is 0 Å². The summed E-state index contributed by atoms with van der Waals surface area (Å²) < 4.78 is 0. The van der Waals surface area contributed by atoms with Crippen LogP contribution in [0.15, 0.2) is 24.3 Å². The molecule has 2 N–H and O–H groups in total. The number of rotatable bonds is 1. The summed E-state index contributed by atoms with van der Waals surface area (Å²) in [7, 11) is 0. The molecule has 1 aromatic carbocycles. The van der Waals surface area contributed by atoms with Gasteiger partial charge < -0.3 is 10.6 Å². The molecule has 0 aliphatic carbocycles. The predicted molar refractivity (Wildman–Crippen MR) is 79.3 cm³/mol. The predicted octanol–water partition coefficient (Wildman–Crippen LogP) is 1.16. The summed E-state index contributed by atoms with van der Waals surface area (Å²) in [5.41, 5.74) is 0.232. The molecular weight excluding hydrogens is 292 g/mol. The molecular formula is C14H15ClN4O2. The molecule has 7 heteroatoms. The third-order valence-corrected chi connectivity index (χ3v) is 3.87. The van der Waals surface area contributed by atoms with Crippen LogP contribution in [0.25, 0.3) is 0 Å². The Morgan fingerprint density at radius 1 is 1.14 bits per heavy atom. The Labute approximate surface area is 128 Å². The zero-order valence-electron chi connectivity index (χ0n) is 11.3. The number of hydrogen-bond donors (Lipinski definition) is 2. The number of carbonyl (C=O) groups is 2. The largest absolute Gasteiger partial charge is 0.329 e. The van der Waals surface area contributed by atoms with Crippen molar-refractivity contribution in [3.8, 4) is 6.07 Å². The van der Waals surface area contributed by atoms with E-state index in [9.17, 15) is 9.59 Å². The summed E-state index contributed by atoms with van der Waals surface area (Å²) in [5, 5.41) is 14.8. The highest BCUT2D eigenvalue weighted by Gasteiger charge is 2.51. The van der Waals surface area contributed by atoms with Crippen LogP contribution in [-0.4, -0.2) is 30.6 Å². The molecule has 0 saturated carbocycles. The van der Waals surface area contributed by atoms with Crippen LogP contribution in [0.5, 0.6) is 0 Å². The van der Waals surface area contributed by atoms with E-state index in [1.165, 1.54) is 4.90 Å². The van der Waals surface area contributed by atoms with Crippen molar-refractivity contribution in [2.45, 2.75) is 18.4 Å². The lowest BCUT2D eigenvalue weighted by atomic mass is 9.88. The Morgan fingerprint density at radius 2 is 1.76 bits per heavy atom. The van der Waals surface area contributed by atoms with Crippen LogP contribution in [0.3, 0.4) is 0 Å². The SMILES string of the molecule is Cl.N#Cc1ccc(N2C(=O)NC3(CCNCC3)C2=O)cc1. The van der Waals surface area contributed by atoms with Gasteiger partial charge in [0.1, 0.15) is 5.54 Å². The summed E-state index contributed by atoms with van der Waals surface area (Å²) in [4.78, 5) is 25.9. The van der Waals surface area contributed by atoms with Crippen molar-refractivity contribution in [1.29, 1.82) is 5.26 Å². The number of benzene rings is 1. The van der Waals surface area contributed by atoms with E-state index >= 15 is 0 Å². The summed E-state index contributed by atoms with van der Waals surface area (Å²) in [6.45, 7) is 1.43. The molecule has 2 heterocycles. The second-order valence-electron chi connectivity index (χ2n) is 5.06. The number of halogens is 1. The number of nitriles is 1. The smallest absolute Gasteiger partial charge is 0.323 e. The minimum absolute atomic E-state index is 0. The van der Waals surface area contributed by atoms with Gasteiger partial charge in [-0.2, -0.15) is 5.26 Å². The number of urea groups is 1. The van der Waals surface area contributed by atoms with E-state index in [2.05, 4.69) is 10.6 Å². The average molecular weight is 307 g/mol. The first-order valence-corrected chi connectivity index (χ1v) is 6.54. The molecule has 0 atom stereocenters. The van der Waals surface area contributed by atoms with Crippen molar-refractivity contribution in [1.82, 2.24) is 10.6 Å². The summed E-state index contributed by atoms with van der Waals surface area (Å²) >= 11 is 0. The summed E-state index contributed by atoms with van der Waals surface area (Å²) in [6, 6.07) is 8.07. The number of amides is 3. The Hall–Kier alpha value is -2.10. The lowest BCUT2D eigenvalue weighted by Gasteiger charge is -2.31. The first-order chi connectivity index (χ1) is 9.66. The molecule has 0 bridgehead atoms. The molecule has 110 valence electrons. The van der Waals surface area contributed by atoms with E-state index in [1.807, 2.05) is 6.07 Å². The van der Waals surface area contributed by atoms with E-state index in [0.29, 0.717) is 37.2 Å². The van der Waals surface area contributed by atoms with Gasteiger partial charge in [-0.05, 0) is 50.2 Å². The third-order valence-electron chi connectivity index (χ3n) is 3.87. The zero-order chi connectivity index (χ0) is 14.2. The lowest BCUT2D eigenvalue weighted by molar-refractivity contribution is -0.122.